The van der Waals surface area contributed by atoms with Crippen molar-refractivity contribution in [1.29, 1.82) is 0 Å². The van der Waals surface area contributed by atoms with Crippen LogP contribution in [0.1, 0.15) is 97.5 Å². The Kier molecular flexibility index (Phi) is 7.41. The maximum atomic E-state index is 13.7. The number of hydrogen-bond donors (Lipinski definition) is 0. The van der Waals surface area contributed by atoms with Gasteiger partial charge in [0.2, 0.25) is 0 Å². The lowest BCUT2D eigenvalue weighted by molar-refractivity contribution is -0.119. The van der Waals surface area contributed by atoms with Crippen LogP contribution >= 0.6 is 0 Å². The highest BCUT2D eigenvalue weighted by molar-refractivity contribution is 6.06. The molecule has 1 aromatic carbocycles. The first-order valence-electron chi connectivity index (χ1n) is 13.5. The molecule has 0 saturated carbocycles. The zero-order chi connectivity index (χ0) is 26.3. The molecule has 1 aromatic rings. The van der Waals surface area contributed by atoms with Crippen LogP contribution in [0.25, 0.3) is 0 Å². The molecule has 0 saturated heterocycles. The summed E-state index contributed by atoms with van der Waals surface area (Å²) in [6.45, 7) is 11.5. The van der Waals surface area contributed by atoms with E-state index in [9.17, 15) is 9.59 Å². The van der Waals surface area contributed by atoms with Gasteiger partial charge < -0.3 is 14.4 Å². The maximum Gasteiger partial charge on any atom is 0.162 e. The highest BCUT2D eigenvalue weighted by atomic mass is 16.5. The van der Waals surface area contributed by atoms with Crippen molar-refractivity contribution in [1.82, 2.24) is 4.90 Å². The first-order valence-corrected chi connectivity index (χ1v) is 13.5. The third-order valence-electron chi connectivity index (χ3n) is 7.96. The van der Waals surface area contributed by atoms with E-state index < -0.39 is 0 Å². The third-order valence-corrected chi connectivity index (χ3v) is 7.96. The zero-order valence-corrected chi connectivity index (χ0v) is 23.3. The van der Waals surface area contributed by atoms with Crippen LogP contribution in [0.2, 0.25) is 0 Å². The van der Waals surface area contributed by atoms with Gasteiger partial charge >= 0.3 is 0 Å². The molecule has 1 aliphatic heterocycles. The molecular weight excluding hydrogens is 450 g/mol. The van der Waals surface area contributed by atoms with Crippen LogP contribution in [0, 0.1) is 10.8 Å². The molecule has 0 N–H and O–H groups in total. The maximum absolute atomic E-state index is 13.7. The number of allylic oxidation sites excluding steroid dienone is 4. The van der Waals surface area contributed by atoms with Crippen molar-refractivity contribution in [2.24, 2.45) is 10.8 Å². The lowest BCUT2D eigenvalue weighted by atomic mass is 9.64. The number of Topliss-reactive ketones (excluding diaryl/α,β-unsaturated/α-hetero) is 2. The van der Waals surface area contributed by atoms with Crippen molar-refractivity contribution >= 4 is 11.6 Å². The second-order valence-corrected chi connectivity index (χ2v) is 12.4. The predicted molar refractivity (Wildman–Crippen MR) is 143 cm³/mol. The lowest BCUT2D eigenvalue weighted by Crippen LogP contribution is -2.43. The number of methoxy groups -OCH3 is 1. The van der Waals surface area contributed by atoms with Gasteiger partial charge in [0.05, 0.1) is 13.7 Å². The monoisotopic (exact) mass is 493 g/mol. The van der Waals surface area contributed by atoms with Gasteiger partial charge in [-0.25, -0.2) is 0 Å². The van der Waals surface area contributed by atoms with E-state index in [-0.39, 0.29) is 28.3 Å². The highest BCUT2D eigenvalue weighted by Crippen LogP contribution is 2.54. The summed E-state index contributed by atoms with van der Waals surface area (Å²) in [6.07, 6.45) is 7.19. The predicted octanol–water partition coefficient (Wildman–Crippen LogP) is 6.97. The van der Waals surface area contributed by atoms with Crippen LogP contribution < -0.4 is 9.47 Å². The molecule has 0 bridgehead atoms. The van der Waals surface area contributed by atoms with E-state index in [1.54, 1.807) is 7.11 Å². The summed E-state index contributed by atoms with van der Waals surface area (Å²) in [5.74, 6) is 1.31. The molecule has 3 aliphatic rings. The Morgan fingerprint density at radius 1 is 0.861 bits per heavy atom. The van der Waals surface area contributed by atoms with Gasteiger partial charge in [-0.1, -0.05) is 59.9 Å². The first-order chi connectivity index (χ1) is 17.0. The van der Waals surface area contributed by atoms with Gasteiger partial charge in [-0.05, 0) is 47.8 Å². The van der Waals surface area contributed by atoms with E-state index in [0.29, 0.717) is 30.9 Å². The van der Waals surface area contributed by atoms with Gasteiger partial charge in [0, 0.05) is 48.3 Å². The van der Waals surface area contributed by atoms with Crippen LogP contribution in [-0.2, 0) is 9.59 Å². The Bertz CT molecular complexity index is 1050. The van der Waals surface area contributed by atoms with Gasteiger partial charge in [-0.3, -0.25) is 9.59 Å². The summed E-state index contributed by atoms with van der Waals surface area (Å²) >= 11 is 0. The van der Waals surface area contributed by atoms with Gasteiger partial charge in [0.1, 0.15) is 0 Å². The molecule has 1 heterocycles. The summed E-state index contributed by atoms with van der Waals surface area (Å²) in [4.78, 5) is 29.5. The fraction of sp³-hybridized carbons (Fsp3) is 0.613. The molecule has 0 fully saturated rings. The SMILES string of the molecule is CCCCCCOc1ccc(C2C3=C(CC(C)(C)CC3=O)N(C)C3=C2C(=O)CC(C)(C)C3)cc1OC. The number of ketones is 2. The van der Waals surface area contributed by atoms with Gasteiger partial charge in [0.25, 0.3) is 0 Å². The average molecular weight is 494 g/mol. The zero-order valence-electron chi connectivity index (χ0n) is 23.3. The number of benzene rings is 1. The van der Waals surface area contributed by atoms with E-state index in [2.05, 4.69) is 39.5 Å². The minimum Gasteiger partial charge on any atom is -0.493 e. The molecule has 0 radical (unpaired) electrons. The smallest absolute Gasteiger partial charge is 0.162 e. The Morgan fingerprint density at radius 3 is 1.97 bits per heavy atom. The summed E-state index contributed by atoms with van der Waals surface area (Å²) in [6, 6.07) is 5.95. The molecule has 36 heavy (non-hydrogen) atoms. The van der Waals surface area contributed by atoms with Crippen LogP contribution in [0.3, 0.4) is 0 Å². The number of unbranched alkanes of at least 4 members (excludes halogenated alkanes) is 3. The fourth-order valence-corrected chi connectivity index (χ4v) is 6.19. The van der Waals surface area contributed by atoms with E-state index in [1.165, 1.54) is 12.8 Å². The van der Waals surface area contributed by atoms with Crippen LogP contribution in [0.15, 0.2) is 40.7 Å². The van der Waals surface area contributed by atoms with Crippen molar-refractivity contribution in [2.75, 3.05) is 20.8 Å². The molecule has 0 unspecified atom stereocenters. The third kappa shape index (κ3) is 5.12. The molecule has 2 aliphatic carbocycles. The van der Waals surface area contributed by atoms with E-state index in [0.717, 1.165) is 53.8 Å². The summed E-state index contributed by atoms with van der Waals surface area (Å²) in [7, 11) is 3.69. The van der Waals surface area contributed by atoms with Crippen molar-refractivity contribution in [2.45, 2.75) is 91.9 Å². The highest BCUT2D eigenvalue weighted by Gasteiger charge is 2.48. The second-order valence-electron chi connectivity index (χ2n) is 12.4. The van der Waals surface area contributed by atoms with Gasteiger partial charge in [-0.2, -0.15) is 0 Å². The molecule has 0 atom stereocenters. The number of ether oxygens (including phenoxy) is 2. The number of rotatable bonds is 8. The Hall–Kier alpha value is -2.56. The van der Waals surface area contributed by atoms with Crippen molar-refractivity contribution in [3.8, 4) is 11.5 Å². The van der Waals surface area contributed by atoms with Crippen LogP contribution in [0.4, 0.5) is 0 Å². The molecule has 0 amide bonds. The van der Waals surface area contributed by atoms with Gasteiger partial charge in [-0.15, -0.1) is 0 Å². The average Bonchev–Trinajstić information content (AvgIpc) is 2.79. The van der Waals surface area contributed by atoms with E-state index in [4.69, 9.17) is 9.47 Å². The largest absolute Gasteiger partial charge is 0.493 e. The standard InChI is InChI=1S/C31H43NO4/c1-8-9-10-11-14-36-25-13-12-20(15-26(25)35-7)27-28-21(16-30(2,3)18-23(28)33)32(6)22-17-31(4,5)19-24(34)29(22)27/h12-13,15,27H,8-11,14,16-19H2,1-7H3. The molecule has 196 valence electrons. The van der Waals surface area contributed by atoms with E-state index >= 15 is 0 Å². The second kappa shape index (κ2) is 10.1. The minimum absolute atomic E-state index is 0.103. The molecular formula is C31H43NO4. The first kappa shape index (κ1) is 26.5. The van der Waals surface area contributed by atoms with Gasteiger partial charge in [0.15, 0.2) is 23.1 Å². The van der Waals surface area contributed by atoms with Crippen LogP contribution in [-0.4, -0.2) is 37.2 Å². The molecule has 4 rings (SSSR count). The fourth-order valence-electron chi connectivity index (χ4n) is 6.19. The van der Waals surface area contributed by atoms with Crippen molar-refractivity contribution < 1.29 is 19.1 Å². The molecule has 0 aromatic heterocycles. The normalized spacial score (nSPS) is 21.5. The Morgan fingerprint density at radius 2 is 1.44 bits per heavy atom. The number of carbonyl (C=O) groups excluding carboxylic acids is 2. The molecule has 5 nitrogen and oxygen atoms in total. The molecule has 0 spiro atoms. The number of carbonyl (C=O) groups is 2. The summed E-state index contributed by atoms with van der Waals surface area (Å²) in [5, 5.41) is 0. The molecule has 5 heteroatoms. The minimum atomic E-state index is -0.356. The number of hydrogen-bond acceptors (Lipinski definition) is 5. The summed E-state index contributed by atoms with van der Waals surface area (Å²) in [5.41, 5.74) is 4.45. The lowest BCUT2D eigenvalue weighted by Gasteiger charge is -2.47. The Balaban J connectivity index is 1.78. The quantitative estimate of drug-likeness (QED) is 0.366. The topological polar surface area (TPSA) is 55.8 Å². The van der Waals surface area contributed by atoms with Crippen LogP contribution in [0.5, 0.6) is 11.5 Å². The van der Waals surface area contributed by atoms with Crippen molar-refractivity contribution in [3.05, 3.63) is 46.3 Å². The summed E-state index contributed by atoms with van der Waals surface area (Å²) < 4.78 is 11.8. The van der Waals surface area contributed by atoms with E-state index in [1.807, 2.05) is 25.2 Å². The Labute approximate surface area is 216 Å². The number of nitrogens with zero attached hydrogens (tertiary/aromatic N) is 1. The van der Waals surface area contributed by atoms with Crippen molar-refractivity contribution in [3.63, 3.8) is 0 Å².